The number of carboxylic acid groups (broad SMARTS) is 1. The molecule has 0 aromatic carbocycles. The lowest BCUT2D eigenvalue weighted by Gasteiger charge is -2.21. The molecule has 24 heavy (non-hydrogen) atoms. The summed E-state index contributed by atoms with van der Waals surface area (Å²) in [5.74, 6) is -1.00. The summed E-state index contributed by atoms with van der Waals surface area (Å²) in [6.45, 7) is 11.3. The van der Waals surface area contributed by atoms with Gasteiger partial charge in [-0.25, -0.2) is 14.8 Å². The number of ether oxygens (including phenoxy) is 1. The maximum atomic E-state index is 12.2. The van der Waals surface area contributed by atoms with Gasteiger partial charge in [-0.15, -0.1) is 0 Å². The van der Waals surface area contributed by atoms with Gasteiger partial charge in [0, 0.05) is 0 Å². The van der Waals surface area contributed by atoms with Crippen LogP contribution in [0.4, 0.5) is 0 Å². The number of hydrogen-bond donors (Lipinski definition) is 2. The quantitative estimate of drug-likeness (QED) is 0.777. The fourth-order valence-electron chi connectivity index (χ4n) is 2.13. The average molecular weight is 331 g/mol. The standard InChI is InChI=1S/C17H21N3O4/c1-9(2)8-24-11-6-12(15(21)22)13(18-7-11)14-19-16(23)17(5,20-14)10(3)4/h6-7,10H,1,8H2,2-5H3,(H,21,22)(H,19,20,23). The number of aromatic nitrogens is 1. The van der Waals surface area contributed by atoms with E-state index in [-0.39, 0.29) is 35.5 Å². The molecule has 1 aliphatic rings. The summed E-state index contributed by atoms with van der Waals surface area (Å²) < 4.78 is 5.42. The van der Waals surface area contributed by atoms with E-state index in [1.807, 2.05) is 13.8 Å². The minimum absolute atomic E-state index is 0.0403. The lowest BCUT2D eigenvalue weighted by Crippen LogP contribution is -2.41. The van der Waals surface area contributed by atoms with Gasteiger partial charge in [0.05, 0.1) is 11.8 Å². The minimum Gasteiger partial charge on any atom is -0.488 e. The van der Waals surface area contributed by atoms with E-state index in [1.54, 1.807) is 13.8 Å². The van der Waals surface area contributed by atoms with E-state index in [4.69, 9.17) is 4.74 Å². The van der Waals surface area contributed by atoms with Crippen LogP contribution in [0.1, 0.15) is 43.7 Å². The van der Waals surface area contributed by atoms with Crippen LogP contribution in [0.5, 0.6) is 5.75 Å². The molecule has 128 valence electrons. The normalized spacial score (nSPS) is 19.9. The Balaban J connectivity index is 2.42. The lowest BCUT2D eigenvalue weighted by atomic mass is 9.89. The van der Waals surface area contributed by atoms with Gasteiger partial charge in [0.15, 0.2) is 5.84 Å². The Morgan fingerprint density at radius 3 is 2.67 bits per heavy atom. The van der Waals surface area contributed by atoms with E-state index >= 15 is 0 Å². The molecule has 0 aliphatic carbocycles. The molecule has 0 spiro atoms. The Hall–Kier alpha value is -2.70. The van der Waals surface area contributed by atoms with Gasteiger partial charge in [0.25, 0.3) is 5.91 Å². The highest BCUT2D eigenvalue weighted by molar-refractivity contribution is 6.17. The molecule has 1 aromatic heterocycles. The minimum atomic E-state index is -1.17. The molecule has 0 bridgehead atoms. The highest BCUT2D eigenvalue weighted by Crippen LogP contribution is 2.27. The fraction of sp³-hybridized carbons (Fsp3) is 0.412. The molecule has 7 heteroatoms. The largest absolute Gasteiger partial charge is 0.488 e. The first kappa shape index (κ1) is 17.7. The topological polar surface area (TPSA) is 101 Å². The molecule has 0 saturated carbocycles. The van der Waals surface area contributed by atoms with Crippen molar-refractivity contribution in [2.45, 2.75) is 33.2 Å². The highest BCUT2D eigenvalue weighted by atomic mass is 16.5. The van der Waals surface area contributed by atoms with Crippen LogP contribution in [0.15, 0.2) is 29.4 Å². The molecule has 2 heterocycles. The molecule has 0 saturated heterocycles. The summed E-state index contributed by atoms with van der Waals surface area (Å²) in [5.41, 5.74) is -0.109. The number of aliphatic imine (C=N–C) groups is 1. The van der Waals surface area contributed by atoms with Crippen LogP contribution in [-0.2, 0) is 4.79 Å². The number of amidine groups is 1. The summed E-state index contributed by atoms with van der Waals surface area (Å²) in [7, 11) is 0. The first-order valence-electron chi connectivity index (χ1n) is 7.57. The summed E-state index contributed by atoms with van der Waals surface area (Å²) in [6, 6.07) is 1.37. The van der Waals surface area contributed by atoms with Crippen molar-refractivity contribution in [3.8, 4) is 5.75 Å². The van der Waals surface area contributed by atoms with E-state index in [2.05, 4.69) is 21.9 Å². The van der Waals surface area contributed by atoms with Crippen LogP contribution in [0.25, 0.3) is 0 Å². The monoisotopic (exact) mass is 331 g/mol. The van der Waals surface area contributed by atoms with Crippen LogP contribution in [-0.4, -0.2) is 39.9 Å². The van der Waals surface area contributed by atoms with Crippen molar-refractivity contribution in [2.24, 2.45) is 10.9 Å². The van der Waals surface area contributed by atoms with Gasteiger partial charge >= 0.3 is 5.97 Å². The number of hydrogen-bond acceptors (Lipinski definition) is 5. The zero-order valence-corrected chi connectivity index (χ0v) is 14.2. The average Bonchev–Trinajstić information content (AvgIpc) is 2.81. The Kier molecular flexibility index (Phi) is 4.73. The number of carbonyl (C=O) groups excluding carboxylic acids is 1. The first-order chi connectivity index (χ1) is 11.1. The molecule has 0 radical (unpaired) electrons. The maximum Gasteiger partial charge on any atom is 0.338 e. The number of aromatic carboxylic acids is 1. The van der Waals surface area contributed by atoms with E-state index in [9.17, 15) is 14.7 Å². The Morgan fingerprint density at radius 1 is 1.50 bits per heavy atom. The molecule has 1 unspecified atom stereocenters. The molecular formula is C17H21N3O4. The Morgan fingerprint density at radius 2 is 2.17 bits per heavy atom. The molecule has 1 aliphatic heterocycles. The van der Waals surface area contributed by atoms with Crippen molar-refractivity contribution in [3.05, 3.63) is 35.7 Å². The number of amides is 1. The van der Waals surface area contributed by atoms with Gasteiger partial charge in [-0.3, -0.25) is 4.79 Å². The van der Waals surface area contributed by atoms with Crippen LogP contribution in [0, 0.1) is 5.92 Å². The summed E-state index contributed by atoms with van der Waals surface area (Å²) in [5, 5.41) is 12.1. The van der Waals surface area contributed by atoms with Crippen LogP contribution < -0.4 is 10.1 Å². The van der Waals surface area contributed by atoms with Crippen molar-refractivity contribution in [1.29, 1.82) is 0 Å². The van der Waals surface area contributed by atoms with Gasteiger partial charge in [-0.2, -0.15) is 0 Å². The van der Waals surface area contributed by atoms with Gasteiger partial charge in [-0.1, -0.05) is 20.4 Å². The smallest absolute Gasteiger partial charge is 0.338 e. The summed E-state index contributed by atoms with van der Waals surface area (Å²) in [6.07, 6.45) is 1.41. The molecule has 1 atom stereocenters. The van der Waals surface area contributed by atoms with Crippen LogP contribution >= 0.6 is 0 Å². The zero-order chi connectivity index (χ0) is 18.1. The molecule has 2 rings (SSSR count). The van der Waals surface area contributed by atoms with Crippen LogP contribution in [0.3, 0.4) is 0 Å². The zero-order valence-electron chi connectivity index (χ0n) is 14.2. The van der Waals surface area contributed by atoms with Crippen LogP contribution in [0.2, 0.25) is 0 Å². The molecule has 2 N–H and O–H groups in total. The molecular weight excluding hydrogens is 310 g/mol. The van der Waals surface area contributed by atoms with Crippen molar-refractivity contribution >= 4 is 17.7 Å². The predicted octanol–water partition coefficient (Wildman–Crippen LogP) is 2.03. The molecule has 7 nitrogen and oxygen atoms in total. The second-order valence-corrected chi connectivity index (χ2v) is 6.33. The highest BCUT2D eigenvalue weighted by Gasteiger charge is 2.43. The third kappa shape index (κ3) is 3.29. The van der Waals surface area contributed by atoms with Gasteiger partial charge in [0.2, 0.25) is 0 Å². The lowest BCUT2D eigenvalue weighted by molar-refractivity contribution is -0.124. The van der Waals surface area contributed by atoms with E-state index in [1.165, 1.54) is 12.3 Å². The van der Waals surface area contributed by atoms with Gasteiger partial charge in [0.1, 0.15) is 23.6 Å². The molecule has 1 aromatic rings. The summed E-state index contributed by atoms with van der Waals surface area (Å²) >= 11 is 0. The second-order valence-electron chi connectivity index (χ2n) is 6.33. The van der Waals surface area contributed by atoms with E-state index in [0.717, 1.165) is 5.57 Å². The van der Waals surface area contributed by atoms with Crippen molar-refractivity contribution < 1.29 is 19.4 Å². The third-order valence-electron chi connectivity index (χ3n) is 3.96. The SMILES string of the molecule is C=C(C)COc1cnc(C2=NC(C)(C(C)C)C(=O)N2)c(C(=O)O)c1. The van der Waals surface area contributed by atoms with E-state index < -0.39 is 11.5 Å². The number of nitrogens with one attached hydrogen (secondary N) is 1. The number of carbonyl (C=O) groups is 2. The predicted molar refractivity (Wildman–Crippen MR) is 89.4 cm³/mol. The number of rotatable bonds is 6. The molecule has 1 amide bonds. The summed E-state index contributed by atoms with van der Waals surface area (Å²) in [4.78, 5) is 32.3. The Bertz CT molecular complexity index is 739. The van der Waals surface area contributed by atoms with Crippen molar-refractivity contribution in [3.63, 3.8) is 0 Å². The second kappa shape index (κ2) is 6.43. The van der Waals surface area contributed by atoms with Gasteiger partial charge < -0.3 is 15.2 Å². The van der Waals surface area contributed by atoms with Crippen molar-refractivity contribution in [1.82, 2.24) is 10.3 Å². The first-order valence-corrected chi connectivity index (χ1v) is 7.57. The molecule has 0 fully saturated rings. The number of carboxylic acids is 1. The van der Waals surface area contributed by atoms with Crippen molar-refractivity contribution in [2.75, 3.05) is 6.61 Å². The number of nitrogens with zero attached hydrogens (tertiary/aromatic N) is 2. The maximum absolute atomic E-state index is 12.2. The third-order valence-corrected chi connectivity index (χ3v) is 3.96. The van der Waals surface area contributed by atoms with E-state index in [0.29, 0.717) is 5.75 Å². The van der Waals surface area contributed by atoms with Gasteiger partial charge in [-0.05, 0) is 31.4 Å². The Labute approximate surface area is 140 Å². The fourth-order valence-corrected chi connectivity index (χ4v) is 2.13. The number of pyridine rings is 1.